The molecule has 1 saturated heterocycles. The van der Waals surface area contributed by atoms with E-state index < -0.39 is 0 Å². The van der Waals surface area contributed by atoms with Crippen molar-refractivity contribution in [2.45, 2.75) is 38.6 Å². The van der Waals surface area contributed by atoms with Gasteiger partial charge in [-0.1, -0.05) is 12.3 Å². The summed E-state index contributed by atoms with van der Waals surface area (Å²) in [6.07, 6.45) is 9.24. The monoisotopic (exact) mass is 168 g/mol. The Kier molecular flexibility index (Phi) is 4.30. The maximum absolute atomic E-state index is 5.29. The molecule has 1 aliphatic rings. The van der Waals surface area contributed by atoms with Gasteiger partial charge in [0.1, 0.15) is 0 Å². The van der Waals surface area contributed by atoms with E-state index in [-0.39, 0.29) is 6.15 Å². The molecule has 2 nitrogen and oxygen atoms in total. The van der Waals surface area contributed by atoms with Crippen molar-refractivity contribution in [3.8, 4) is 12.3 Å². The quantitative estimate of drug-likeness (QED) is 0.608. The third kappa shape index (κ3) is 2.51. The van der Waals surface area contributed by atoms with E-state index in [0.717, 1.165) is 6.54 Å². The summed E-state index contributed by atoms with van der Waals surface area (Å²) in [6, 6.07) is 0. The molecule has 1 aliphatic heterocycles. The minimum absolute atomic E-state index is 0. The molecule has 70 valence electrons. The Morgan fingerprint density at radius 1 is 1.42 bits per heavy atom. The van der Waals surface area contributed by atoms with Gasteiger partial charge in [0.05, 0.1) is 6.54 Å². The fourth-order valence-electron chi connectivity index (χ4n) is 1.72. The predicted molar refractivity (Wildman–Crippen MR) is 53.4 cm³/mol. The summed E-state index contributed by atoms with van der Waals surface area (Å²) < 4.78 is 0. The van der Waals surface area contributed by atoms with Crippen molar-refractivity contribution in [1.29, 1.82) is 0 Å². The zero-order valence-electron chi connectivity index (χ0n) is 8.27. The summed E-state index contributed by atoms with van der Waals surface area (Å²) in [5, 5.41) is 0. The Bertz CT molecular complexity index is 167. The van der Waals surface area contributed by atoms with E-state index in [1.54, 1.807) is 0 Å². The first-order chi connectivity index (χ1) is 5.17. The van der Waals surface area contributed by atoms with E-state index in [0.29, 0.717) is 5.54 Å². The van der Waals surface area contributed by atoms with Crippen LogP contribution in [0.25, 0.3) is 0 Å². The van der Waals surface area contributed by atoms with Crippen LogP contribution in [0.3, 0.4) is 0 Å². The van der Waals surface area contributed by atoms with Gasteiger partial charge in [0.15, 0.2) is 0 Å². The molecule has 2 heteroatoms. The van der Waals surface area contributed by atoms with Gasteiger partial charge in [0.2, 0.25) is 0 Å². The lowest BCUT2D eigenvalue weighted by Crippen LogP contribution is -2.47. The number of likely N-dealkylation sites (tertiary alicyclic amines) is 1. The second-order valence-electron chi connectivity index (χ2n) is 3.90. The van der Waals surface area contributed by atoms with E-state index >= 15 is 0 Å². The van der Waals surface area contributed by atoms with Crippen LogP contribution < -0.4 is 6.15 Å². The summed E-state index contributed by atoms with van der Waals surface area (Å²) in [6.45, 7) is 6.55. The molecule has 1 heterocycles. The first-order valence-electron chi connectivity index (χ1n) is 4.35. The zero-order chi connectivity index (χ0) is 8.32. The molecule has 1 fully saturated rings. The van der Waals surface area contributed by atoms with Crippen LogP contribution in [0, 0.1) is 12.3 Å². The molecule has 0 aromatic heterocycles. The third-order valence-electron chi connectivity index (χ3n) is 2.60. The van der Waals surface area contributed by atoms with Gasteiger partial charge in [-0.3, -0.25) is 4.90 Å². The molecule has 0 spiro atoms. The smallest absolute Gasteiger partial charge is 0.0603 e. The van der Waals surface area contributed by atoms with Crippen LogP contribution in [0.5, 0.6) is 0 Å². The standard InChI is InChI=1S/C10H17N.H3N/c1-4-8-11-9-6-5-7-10(11,2)3;/h1H,5-9H2,2-3H3;1H3. The number of hydrogen-bond acceptors (Lipinski definition) is 2. The largest absolute Gasteiger partial charge is 0.344 e. The highest BCUT2D eigenvalue weighted by molar-refractivity contribution is 4.95. The number of terminal acetylenes is 1. The maximum Gasteiger partial charge on any atom is 0.0603 e. The van der Waals surface area contributed by atoms with Gasteiger partial charge in [0, 0.05) is 5.54 Å². The van der Waals surface area contributed by atoms with Gasteiger partial charge >= 0.3 is 0 Å². The number of rotatable bonds is 1. The Morgan fingerprint density at radius 2 is 2.08 bits per heavy atom. The van der Waals surface area contributed by atoms with Crippen LogP contribution in [0.2, 0.25) is 0 Å². The highest BCUT2D eigenvalue weighted by Crippen LogP contribution is 2.26. The normalized spacial score (nSPS) is 22.4. The lowest BCUT2D eigenvalue weighted by Gasteiger charge is -2.41. The second kappa shape index (κ2) is 4.49. The fourth-order valence-corrected chi connectivity index (χ4v) is 1.72. The Balaban J connectivity index is 0.00000121. The van der Waals surface area contributed by atoms with Crippen molar-refractivity contribution in [3.05, 3.63) is 0 Å². The summed E-state index contributed by atoms with van der Waals surface area (Å²) in [5.41, 5.74) is 0.338. The van der Waals surface area contributed by atoms with Crippen molar-refractivity contribution in [2.24, 2.45) is 0 Å². The molecule has 0 radical (unpaired) electrons. The van der Waals surface area contributed by atoms with Gasteiger partial charge < -0.3 is 6.15 Å². The molecule has 0 aromatic carbocycles. The summed E-state index contributed by atoms with van der Waals surface area (Å²) in [4.78, 5) is 2.40. The topological polar surface area (TPSA) is 38.2 Å². The lowest BCUT2D eigenvalue weighted by atomic mass is 9.90. The van der Waals surface area contributed by atoms with E-state index in [1.807, 2.05) is 0 Å². The van der Waals surface area contributed by atoms with E-state index in [9.17, 15) is 0 Å². The van der Waals surface area contributed by atoms with Crippen molar-refractivity contribution in [2.75, 3.05) is 13.1 Å². The fraction of sp³-hybridized carbons (Fsp3) is 0.800. The van der Waals surface area contributed by atoms with Gasteiger partial charge in [-0.15, -0.1) is 6.42 Å². The Hall–Kier alpha value is -0.520. The summed E-state index contributed by atoms with van der Waals surface area (Å²) >= 11 is 0. The van der Waals surface area contributed by atoms with Crippen molar-refractivity contribution in [3.63, 3.8) is 0 Å². The Morgan fingerprint density at radius 3 is 2.58 bits per heavy atom. The molecule has 0 atom stereocenters. The van der Waals surface area contributed by atoms with Crippen molar-refractivity contribution in [1.82, 2.24) is 11.1 Å². The SMILES string of the molecule is C#CCN1CCCCC1(C)C.N. The molecule has 0 aliphatic carbocycles. The average Bonchev–Trinajstić information content (AvgIpc) is 1.94. The van der Waals surface area contributed by atoms with Crippen LogP contribution in [0.4, 0.5) is 0 Å². The minimum Gasteiger partial charge on any atom is -0.344 e. The van der Waals surface area contributed by atoms with Crippen LogP contribution in [-0.4, -0.2) is 23.5 Å². The average molecular weight is 168 g/mol. The van der Waals surface area contributed by atoms with Crippen LogP contribution in [-0.2, 0) is 0 Å². The lowest BCUT2D eigenvalue weighted by molar-refractivity contribution is 0.0928. The Labute approximate surface area is 75.9 Å². The second-order valence-corrected chi connectivity index (χ2v) is 3.90. The first kappa shape index (κ1) is 11.5. The van der Waals surface area contributed by atoms with Gasteiger partial charge in [-0.2, -0.15) is 0 Å². The summed E-state index contributed by atoms with van der Waals surface area (Å²) in [5.74, 6) is 2.72. The molecule has 0 aromatic rings. The number of piperidine rings is 1. The van der Waals surface area contributed by atoms with Crippen LogP contribution in [0.1, 0.15) is 33.1 Å². The van der Waals surface area contributed by atoms with Crippen LogP contribution >= 0.6 is 0 Å². The van der Waals surface area contributed by atoms with Gasteiger partial charge in [-0.05, 0) is 33.2 Å². The zero-order valence-corrected chi connectivity index (χ0v) is 8.27. The highest BCUT2D eigenvalue weighted by Gasteiger charge is 2.28. The van der Waals surface area contributed by atoms with Crippen LogP contribution in [0.15, 0.2) is 0 Å². The van der Waals surface area contributed by atoms with E-state index in [2.05, 4.69) is 24.7 Å². The summed E-state index contributed by atoms with van der Waals surface area (Å²) in [7, 11) is 0. The molecule has 12 heavy (non-hydrogen) atoms. The molecule has 3 N–H and O–H groups in total. The molecular weight excluding hydrogens is 148 g/mol. The van der Waals surface area contributed by atoms with Crippen molar-refractivity contribution >= 4 is 0 Å². The van der Waals surface area contributed by atoms with Gasteiger partial charge in [-0.25, -0.2) is 0 Å². The van der Waals surface area contributed by atoms with E-state index in [1.165, 1.54) is 25.8 Å². The molecule has 0 amide bonds. The van der Waals surface area contributed by atoms with Crippen molar-refractivity contribution < 1.29 is 0 Å². The van der Waals surface area contributed by atoms with Gasteiger partial charge in [0.25, 0.3) is 0 Å². The first-order valence-corrected chi connectivity index (χ1v) is 4.35. The van der Waals surface area contributed by atoms with E-state index in [4.69, 9.17) is 6.42 Å². The number of hydrogen-bond donors (Lipinski definition) is 1. The number of nitrogens with zero attached hydrogens (tertiary/aromatic N) is 1. The molecule has 1 rings (SSSR count). The molecule has 0 bridgehead atoms. The maximum atomic E-state index is 5.29. The molecule has 0 saturated carbocycles. The molecular formula is C10H20N2. The predicted octanol–water partition coefficient (Wildman–Crippen LogP) is 2.05. The third-order valence-corrected chi connectivity index (χ3v) is 2.60. The minimum atomic E-state index is 0. The molecule has 0 unspecified atom stereocenters. The highest BCUT2D eigenvalue weighted by atomic mass is 15.2.